The van der Waals surface area contributed by atoms with Gasteiger partial charge in [-0.05, 0) is 6.92 Å². The smallest absolute Gasteiger partial charge is 0.0800 e. The van der Waals surface area contributed by atoms with Gasteiger partial charge in [-0.25, -0.2) is 0 Å². The van der Waals surface area contributed by atoms with Crippen molar-refractivity contribution in [3.8, 4) is 0 Å². The molecule has 0 spiro atoms. The molecule has 0 saturated heterocycles. The monoisotopic (exact) mass is 203 g/mol. The van der Waals surface area contributed by atoms with Gasteiger partial charge in [0.2, 0.25) is 0 Å². The van der Waals surface area contributed by atoms with Gasteiger partial charge in [0.1, 0.15) is 0 Å². The van der Waals surface area contributed by atoms with Crippen LogP contribution >= 0.6 is 0 Å². The van der Waals surface area contributed by atoms with Crippen LogP contribution in [-0.4, -0.2) is 19.7 Å². The molecular weight excluding hydrogens is 190 g/mol. The highest BCUT2D eigenvalue weighted by Gasteiger charge is 2.11. The van der Waals surface area contributed by atoms with Crippen molar-refractivity contribution in [2.75, 3.05) is 0 Å². The van der Waals surface area contributed by atoms with Crippen LogP contribution in [0.4, 0.5) is 0 Å². The van der Waals surface area contributed by atoms with Gasteiger partial charge in [-0.2, -0.15) is 5.10 Å². The Hall–Kier alpha value is -1.75. The molecule has 0 aliphatic carbocycles. The van der Waals surface area contributed by atoms with Gasteiger partial charge in [0.15, 0.2) is 0 Å². The van der Waals surface area contributed by atoms with E-state index in [1.54, 1.807) is 23.3 Å². The second-order valence-electron chi connectivity index (χ2n) is 3.51. The summed E-state index contributed by atoms with van der Waals surface area (Å²) in [5.41, 5.74) is 8.61. The van der Waals surface area contributed by atoms with Crippen molar-refractivity contribution in [2.24, 2.45) is 12.8 Å². The minimum absolute atomic E-state index is 0.258. The van der Waals surface area contributed by atoms with Crippen LogP contribution in [-0.2, 0) is 7.05 Å². The van der Waals surface area contributed by atoms with Crippen molar-refractivity contribution in [3.05, 3.63) is 41.7 Å². The number of aryl methyl sites for hydroxylation is 2. The summed E-state index contributed by atoms with van der Waals surface area (Å²) in [7, 11) is 1.86. The highest BCUT2D eigenvalue weighted by atomic mass is 15.2. The van der Waals surface area contributed by atoms with Crippen LogP contribution in [0.3, 0.4) is 0 Å². The Balaban J connectivity index is 2.28. The fourth-order valence-corrected chi connectivity index (χ4v) is 1.33. The average Bonchev–Trinajstić information content (AvgIpc) is 2.65. The van der Waals surface area contributed by atoms with Gasteiger partial charge in [-0.1, -0.05) is 0 Å². The molecule has 0 saturated carbocycles. The lowest BCUT2D eigenvalue weighted by Crippen LogP contribution is -2.13. The SMILES string of the molecule is Cc1cnc(C(N)c2cnn(C)c2)cn1. The van der Waals surface area contributed by atoms with E-state index < -0.39 is 0 Å². The molecule has 2 aromatic heterocycles. The number of aromatic nitrogens is 4. The zero-order valence-corrected chi connectivity index (χ0v) is 8.75. The molecule has 0 fully saturated rings. The Kier molecular flexibility index (Phi) is 2.47. The summed E-state index contributed by atoms with van der Waals surface area (Å²) in [6.07, 6.45) is 7.04. The summed E-state index contributed by atoms with van der Waals surface area (Å²) in [5, 5.41) is 4.07. The number of nitrogens with two attached hydrogens (primary N) is 1. The van der Waals surface area contributed by atoms with Crippen molar-refractivity contribution >= 4 is 0 Å². The van der Waals surface area contributed by atoms with Crippen LogP contribution in [0.1, 0.15) is 23.0 Å². The van der Waals surface area contributed by atoms with Crippen molar-refractivity contribution in [1.29, 1.82) is 0 Å². The molecule has 15 heavy (non-hydrogen) atoms. The molecule has 0 aliphatic rings. The third-order valence-corrected chi connectivity index (χ3v) is 2.20. The van der Waals surface area contributed by atoms with E-state index in [4.69, 9.17) is 5.73 Å². The molecule has 2 N–H and O–H groups in total. The summed E-state index contributed by atoms with van der Waals surface area (Å²) in [6.45, 7) is 1.90. The zero-order valence-electron chi connectivity index (χ0n) is 8.75. The molecule has 1 unspecified atom stereocenters. The van der Waals surface area contributed by atoms with E-state index in [-0.39, 0.29) is 6.04 Å². The number of hydrogen-bond donors (Lipinski definition) is 1. The van der Waals surface area contributed by atoms with Crippen LogP contribution in [0.25, 0.3) is 0 Å². The van der Waals surface area contributed by atoms with Gasteiger partial charge < -0.3 is 5.73 Å². The van der Waals surface area contributed by atoms with Crippen molar-refractivity contribution in [1.82, 2.24) is 19.7 Å². The normalized spacial score (nSPS) is 12.7. The zero-order chi connectivity index (χ0) is 10.8. The summed E-state index contributed by atoms with van der Waals surface area (Å²) >= 11 is 0. The molecule has 2 rings (SSSR count). The highest BCUT2D eigenvalue weighted by Crippen LogP contribution is 2.15. The van der Waals surface area contributed by atoms with Crippen LogP contribution in [0.2, 0.25) is 0 Å². The maximum absolute atomic E-state index is 6.02. The van der Waals surface area contributed by atoms with Crippen molar-refractivity contribution < 1.29 is 0 Å². The first-order chi connectivity index (χ1) is 7.16. The molecule has 5 nitrogen and oxygen atoms in total. The molecule has 0 aromatic carbocycles. The van der Waals surface area contributed by atoms with Crippen LogP contribution < -0.4 is 5.73 Å². The maximum Gasteiger partial charge on any atom is 0.0800 e. The van der Waals surface area contributed by atoms with Gasteiger partial charge >= 0.3 is 0 Å². The third-order valence-electron chi connectivity index (χ3n) is 2.20. The molecule has 5 heteroatoms. The minimum atomic E-state index is -0.258. The van der Waals surface area contributed by atoms with Gasteiger partial charge in [0, 0.05) is 25.0 Å². The lowest BCUT2D eigenvalue weighted by Gasteiger charge is -2.07. The molecule has 0 radical (unpaired) electrons. The standard InChI is InChI=1S/C10H13N5/c1-7-3-13-9(5-12-7)10(11)8-4-14-15(2)6-8/h3-6,10H,11H2,1-2H3. The first-order valence-corrected chi connectivity index (χ1v) is 4.69. The molecule has 0 aliphatic heterocycles. The Bertz CT molecular complexity index is 445. The summed E-state index contributed by atoms with van der Waals surface area (Å²) < 4.78 is 1.72. The Morgan fingerprint density at radius 1 is 1.27 bits per heavy atom. The summed E-state index contributed by atoms with van der Waals surface area (Å²) in [6, 6.07) is -0.258. The second kappa shape index (κ2) is 3.78. The van der Waals surface area contributed by atoms with Gasteiger partial charge in [-0.3, -0.25) is 14.6 Å². The van der Waals surface area contributed by atoms with E-state index in [0.29, 0.717) is 0 Å². The van der Waals surface area contributed by atoms with E-state index in [9.17, 15) is 0 Å². The van der Waals surface area contributed by atoms with Crippen LogP contribution in [0, 0.1) is 6.92 Å². The lowest BCUT2D eigenvalue weighted by atomic mass is 10.1. The van der Waals surface area contributed by atoms with Crippen molar-refractivity contribution in [2.45, 2.75) is 13.0 Å². The molecule has 2 heterocycles. The summed E-state index contributed by atoms with van der Waals surface area (Å²) in [5.74, 6) is 0. The summed E-state index contributed by atoms with van der Waals surface area (Å²) in [4.78, 5) is 8.40. The predicted octanol–water partition coefficient (Wildman–Crippen LogP) is 0.567. The predicted molar refractivity (Wildman–Crippen MR) is 56.0 cm³/mol. The fraction of sp³-hybridized carbons (Fsp3) is 0.300. The van der Waals surface area contributed by atoms with Crippen molar-refractivity contribution in [3.63, 3.8) is 0 Å². The number of rotatable bonds is 2. The van der Waals surface area contributed by atoms with Gasteiger partial charge in [0.25, 0.3) is 0 Å². The van der Waals surface area contributed by atoms with E-state index in [2.05, 4.69) is 15.1 Å². The van der Waals surface area contributed by atoms with Gasteiger partial charge in [0.05, 0.1) is 29.8 Å². The molecule has 78 valence electrons. The van der Waals surface area contributed by atoms with E-state index >= 15 is 0 Å². The lowest BCUT2D eigenvalue weighted by molar-refractivity contribution is 0.762. The highest BCUT2D eigenvalue weighted by molar-refractivity contribution is 5.21. The maximum atomic E-state index is 6.02. The molecule has 0 amide bonds. The minimum Gasteiger partial charge on any atom is -0.319 e. The Labute approximate surface area is 88.0 Å². The van der Waals surface area contributed by atoms with E-state index in [1.807, 2.05) is 20.2 Å². The van der Waals surface area contributed by atoms with Crippen LogP contribution in [0.15, 0.2) is 24.8 Å². The Morgan fingerprint density at radius 2 is 2.07 bits per heavy atom. The fourth-order valence-electron chi connectivity index (χ4n) is 1.33. The molecule has 0 bridgehead atoms. The van der Waals surface area contributed by atoms with E-state index in [1.165, 1.54) is 0 Å². The topological polar surface area (TPSA) is 69.6 Å². The second-order valence-corrected chi connectivity index (χ2v) is 3.51. The average molecular weight is 203 g/mol. The quantitative estimate of drug-likeness (QED) is 0.774. The largest absolute Gasteiger partial charge is 0.319 e. The van der Waals surface area contributed by atoms with E-state index in [0.717, 1.165) is 17.0 Å². The first kappa shape index (κ1) is 9.79. The number of nitrogens with zero attached hydrogens (tertiary/aromatic N) is 4. The Morgan fingerprint density at radius 3 is 2.60 bits per heavy atom. The first-order valence-electron chi connectivity index (χ1n) is 4.69. The van der Waals surface area contributed by atoms with Crippen LogP contribution in [0.5, 0.6) is 0 Å². The van der Waals surface area contributed by atoms with Gasteiger partial charge in [-0.15, -0.1) is 0 Å². The molecule has 2 aromatic rings. The molecule has 1 atom stereocenters. The molecular formula is C10H13N5. The number of hydrogen-bond acceptors (Lipinski definition) is 4. The third kappa shape index (κ3) is 2.02.